The standard InChI is InChI=1S/C19H23FN4O2/c1-12-9-13(2)24(22-12)8-4-7-23(3)19(26)16-11-18(25)21-17-6-5-14(20)10-15(16)17/h5-6,9-10,16H,4,7-8,11H2,1-3H3,(H,21,25)/t16-/m0/s1. The smallest absolute Gasteiger partial charge is 0.230 e. The molecular weight excluding hydrogens is 335 g/mol. The number of halogens is 1. The number of aryl methyl sites for hydroxylation is 3. The molecule has 0 aliphatic carbocycles. The summed E-state index contributed by atoms with van der Waals surface area (Å²) in [5.41, 5.74) is 3.11. The Labute approximate surface area is 152 Å². The van der Waals surface area contributed by atoms with Crippen molar-refractivity contribution in [3.05, 3.63) is 47.0 Å². The van der Waals surface area contributed by atoms with E-state index in [1.54, 1.807) is 11.9 Å². The number of amides is 2. The Morgan fingerprint density at radius 2 is 2.15 bits per heavy atom. The molecule has 6 nitrogen and oxygen atoms in total. The minimum absolute atomic E-state index is 0.0388. The average molecular weight is 358 g/mol. The van der Waals surface area contributed by atoms with Crippen LogP contribution in [0.2, 0.25) is 0 Å². The van der Waals surface area contributed by atoms with Crippen molar-refractivity contribution in [2.75, 3.05) is 18.9 Å². The molecule has 0 saturated heterocycles. The van der Waals surface area contributed by atoms with Gasteiger partial charge in [-0.1, -0.05) is 0 Å². The van der Waals surface area contributed by atoms with Crippen molar-refractivity contribution in [1.29, 1.82) is 0 Å². The Kier molecular flexibility index (Phi) is 5.06. The number of likely N-dealkylation sites (N-methyl/N-ethyl adjacent to an activating group) is 1. The van der Waals surface area contributed by atoms with E-state index < -0.39 is 11.7 Å². The molecule has 1 aromatic heterocycles. The largest absolute Gasteiger partial charge is 0.345 e. The second-order valence-electron chi connectivity index (χ2n) is 6.80. The third kappa shape index (κ3) is 3.76. The van der Waals surface area contributed by atoms with Gasteiger partial charge in [-0.3, -0.25) is 14.3 Å². The number of aromatic nitrogens is 2. The van der Waals surface area contributed by atoms with Crippen LogP contribution in [0.25, 0.3) is 0 Å². The zero-order valence-electron chi connectivity index (χ0n) is 15.3. The summed E-state index contributed by atoms with van der Waals surface area (Å²) < 4.78 is 15.5. The highest BCUT2D eigenvalue weighted by atomic mass is 19.1. The lowest BCUT2D eigenvalue weighted by Crippen LogP contribution is -2.37. The Balaban J connectivity index is 1.66. The first-order chi connectivity index (χ1) is 12.3. The maximum absolute atomic E-state index is 13.6. The summed E-state index contributed by atoms with van der Waals surface area (Å²) in [6.07, 6.45) is 0.788. The number of hydrogen-bond donors (Lipinski definition) is 1. The summed E-state index contributed by atoms with van der Waals surface area (Å²) in [5.74, 6) is -1.45. The third-order valence-electron chi connectivity index (χ3n) is 4.69. The molecule has 0 unspecified atom stereocenters. The van der Waals surface area contributed by atoms with Gasteiger partial charge in [-0.2, -0.15) is 5.10 Å². The van der Waals surface area contributed by atoms with E-state index in [2.05, 4.69) is 10.4 Å². The third-order valence-corrected chi connectivity index (χ3v) is 4.69. The topological polar surface area (TPSA) is 67.2 Å². The van der Waals surface area contributed by atoms with Crippen molar-refractivity contribution in [2.24, 2.45) is 0 Å². The monoisotopic (exact) mass is 358 g/mol. The van der Waals surface area contributed by atoms with Gasteiger partial charge in [-0.15, -0.1) is 0 Å². The lowest BCUT2D eigenvalue weighted by molar-refractivity contribution is -0.133. The number of carbonyl (C=O) groups excluding carboxylic acids is 2. The molecule has 1 N–H and O–H groups in total. The molecule has 1 atom stereocenters. The minimum atomic E-state index is -0.645. The molecule has 138 valence electrons. The predicted octanol–water partition coefficient (Wildman–Crippen LogP) is 2.61. The predicted molar refractivity (Wildman–Crippen MR) is 96.3 cm³/mol. The zero-order valence-corrected chi connectivity index (χ0v) is 15.3. The molecule has 1 aliphatic rings. The van der Waals surface area contributed by atoms with E-state index in [9.17, 15) is 14.0 Å². The molecule has 0 bridgehead atoms. The Morgan fingerprint density at radius 3 is 2.85 bits per heavy atom. The lowest BCUT2D eigenvalue weighted by Gasteiger charge is -2.28. The first kappa shape index (κ1) is 18.1. The van der Waals surface area contributed by atoms with E-state index in [0.717, 1.165) is 17.8 Å². The van der Waals surface area contributed by atoms with Crippen LogP contribution >= 0.6 is 0 Å². The molecule has 3 rings (SSSR count). The first-order valence-electron chi connectivity index (χ1n) is 8.70. The normalized spacial score (nSPS) is 16.2. The van der Waals surface area contributed by atoms with Crippen LogP contribution in [0.1, 0.15) is 35.7 Å². The summed E-state index contributed by atoms with van der Waals surface area (Å²) >= 11 is 0. The highest BCUT2D eigenvalue weighted by molar-refractivity contribution is 6.01. The zero-order chi connectivity index (χ0) is 18.8. The number of nitrogens with one attached hydrogen (secondary N) is 1. The highest BCUT2D eigenvalue weighted by Gasteiger charge is 2.32. The van der Waals surface area contributed by atoms with E-state index in [1.807, 2.05) is 24.6 Å². The van der Waals surface area contributed by atoms with Crippen LogP contribution < -0.4 is 5.32 Å². The van der Waals surface area contributed by atoms with E-state index in [-0.39, 0.29) is 18.2 Å². The number of rotatable bonds is 5. The number of anilines is 1. The maximum Gasteiger partial charge on any atom is 0.230 e. The Hall–Kier alpha value is -2.70. The molecule has 0 fully saturated rings. The summed E-state index contributed by atoms with van der Waals surface area (Å²) in [7, 11) is 1.72. The van der Waals surface area contributed by atoms with E-state index >= 15 is 0 Å². The van der Waals surface area contributed by atoms with Crippen LogP contribution in [0.15, 0.2) is 24.3 Å². The molecule has 7 heteroatoms. The van der Waals surface area contributed by atoms with Crippen molar-refractivity contribution in [3.63, 3.8) is 0 Å². The van der Waals surface area contributed by atoms with Crippen LogP contribution in [-0.2, 0) is 16.1 Å². The van der Waals surface area contributed by atoms with E-state index in [0.29, 0.717) is 24.3 Å². The molecule has 0 radical (unpaired) electrons. The lowest BCUT2D eigenvalue weighted by atomic mass is 9.89. The van der Waals surface area contributed by atoms with Crippen LogP contribution in [0, 0.1) is 19.7 Å². The molecule has 1 aromatic carbocycles. The van der Waals surface area contributed by atoms with Gasteiger partial charge in [0, 0.05) is 37.9 Å². The van der Waals surface area contributed by atoms with Gasteiger partial charge in [-0.25, -0.2) is 4.39 Å². The van der Waals surface area contributed by atoms with Crippen LogP contribution in [0.5, 0.6) is 0 Å². The quantitative estimate of drug-likeness (QED) is 0.893. The van der Waals surface area contributed by atoms with Gasteiger partial charge in [0.1, 0.15) is 5.82 Å². The fourth-order valence-electron chi connectivity index (χ4n) is 3.39. The molecule has 2 amide bonds. The van der Waals surface area contributed by atoms with Crippen LogP contribution in [-0.4, -0.2) is 40.1 Å². The molecular formula is C19H23FN4O2. The van der Waals surface area contributed by atoms with Crippen LogP contribution in [0.3, 0.4) is 0 Å². The number of nitrogens with zero attached hydrogens (tertiary/aromatic N) is 3. The molecule has 1 aliphatic heterocycles. The summed E-state index contributed by atoms with van der Waals surface area (Å²) in [4.78, 5) is 26.3. The second kappa shape index (κ2) is 7.27. The number of fused-ring (bicyclic) bond motifs is 1. The van der Waals surface area contributed by atoms with Crippen molar-refractivity contribution in [1.82, 2.24) is 14.7 Å². The van der Waals surface area contributed by atoms with E-state index in [4.69, 9.17) is 0 Å². The van der Waals surface area contributed by atoms with Gasteiger partial charge in [0.25, 0.3) is 0 Å². The first-order valence-corrected chi connectivity index (χ1v) is 8.70. The maximum atomic E-state index is 13.6. The van der Waals surface area contributed by atoms with Gasteiger partial charge in [0.05, 0.1) is 11.6 Å². The Morgan fingerprint density at radius 1 is 1.38 bits per heavy atom. The SMILES string of the molecule is Cc1cc(C)n(CCCN(C)C(=O)[C@H]2CC(=O)Nc3ccc(F)cc32)n1. The second-order valence-corrected chi connectivity index (χ2v) is 6.80. The number of carbonyl (C=O) groups is 2. The number of hydrogen-bond acceptors (Lipinski definition) is 3. The van der Waals surface area contributed by atoms with Crippen molar-refractivity contribution in [2.45, 2.75) is 39.2 Å². The van der Waals surface area contributed by atoms with Crippen molar-refractivity contribution in [3.8, 4) is 0 Å². The molecule has 2 heterocycles. The van der Waals surface area contributed by atoms with Gasteiger partial charge in [0.2, 0.25) is 11.8 Å². The van der Waals surface area contributed by atoms with Crippen molar-refractivity contribution >= 4 is 17.5 Å². The fraction of sp³-hybridized carbons (Fsp3) is 0.421. The molecule has 0 spiro atoms. The van der Waals surface area contributed by atoms with Gasteiger partial charge in [-0.05, 0) is 50.1 Å². The summed E-state index contributed by atoms with van der Waals surface area (Å²) in [6.45, 7) is 5.21. The fourth-order valence-corrected chi connectivity index (χ4v) is 3.39. The summed E-state index contributed by atoms with van der Waals surface area (Å²) in [6, 6.07) is 6.14. The molecule has 26 heavy (non-hydrogen) atoms. The minimum Gasteiger partial charge on any atom is -0.345 e. The van der Waals surface area contributed by atoms with E-state index in [1.165, 1.54) is 18.2 Å². The van der Waals surface area contributed by atoms with Crippen molar-refractivity contribution < 1.29 is 14.0 Å². The van der Waals surface area contributed by atoms with Crippen LogP contribution in [0.4, 0.5) is 10.1 Å². The molecule has 2 aromatic rings. The highest BCUT2D eigenvalue weighted by Crippen LogP contribution is 2.33. The van der Waals surface area contributed by atoms with Gasteiger partial charge >= 0.3 is 0 Å². The van der Waals surface area contributed by atoms with Gasteiger partial charge < -0.3 is 10.2 Å². The molecule has 0 saturated carbocycles. The number of benzene rings is 1. The Bertz CT molecular complexity index is 846. The average Bonchev–Trinajstić information content (AvgIpc) is 2.91. The summed E-state index contributed by atoms with van der Waals surface area (Å²) in [5, 5.41) is 7.11. The van der Waals surface area contributed by atoms with Gasteiger partial charge in [0.15, 0.2) is 0 Å².